The van der Waals surface area contributed by atoms with E-state index in [2.05, 4.69) is 64.3 Å². The third-order valence-corrected chi connectivity index (χ3v) is 4.65. The van der Waals surface area contributed by atoms with E-state index in [-0.39, 0.29) is 0 Å². The molecule has 0 radical (unpaired) electrons. The summed E-state index contributed by atoms with van der Waals surface area (Å²) < 4.78 is 6.66. The molecule has 4 heteroatoms. The lowest BCUT2D eigenvalue weighted by molar-refractivity contribution is -0.00182. The summed E-state index contributed by atoms with van der Waals surface area (Å²) in [5.41, 5.74) is 1.38. The van der Waals surface area contributed by atoms with Crippen LogP contribution in [-0.4, -0.2) is 43.8 Å². The lowest BCUT2D eigenvalue weighted by Gasteiger charge is -2.34. The van der Waals surface area contributed by atoms with Gasteiger partial charge in [-0.15, -0.1) is 0 Å². The smallest absolute Gasteiger partial charge is 0.0619 e. The topological polar surface area (TPSA) is 24.5 Å². The summed E-state index contributed by atoms with van der Waals surface area (Å²) in [6.07, 6.45) is 2.31. The zero-order chi connectivity index (χ0) is 15.1. The summed E-state index contributed by atoms with van der Waals surface area (Å²) in [7, 11) is 0. The second-order valence-electron chi connectivity index (χ2n) is 5.81. The summed E-state index contributed by atoms with van der Waals surface area (Å²) >= 11 is 3.51. The van der Waals surface area contributed by atoms with Crippen molar-refractivity contribution in [3.8, 4) is 0 Å². The van der Waals surface area contributed by atoms with Crippen molar-refractivity contribution in [2.45, 2.75) is 38.8 Å². The molecule has 0 amide bonds. The van der Waals surface area contributed by atoms with Gasteiger partial charge in [-0.2, -0.15) is 0 Å². The Hall–Kier alpha value is -0.420. The van der Waals surface area contributed by atoms with Gasteiger partial charge in [0.05, 0.1) is 13.2 Å². The Kier molecular flexibility index (Phi) is 7.17. The second kappa shape index (κ2) is 8.89. The van der Waals surface area contributed by atoms with Crippen LogP contribution in [0.4, 0.5) is 0 Å². The molecule has 1 saturated heterocycles. The van der Waals surface area contributed by atoms with Crippen LogP contribution in [0.3, 0.4) is 0 Å². The average molecular weight is 355 g/mol. The van der Waals surface area contributed by atoms with Gasteiger partial charge in [0.15, 0.2) is 0 Å². The van der Waals surface area contributed by atoms with Crippen LogP contribution < -0.4 is 5.32 Å². The van der Waals surface area contributed by atoms with E-state index in [1.165, 1.54) is 12.0 Å². The number of halogens is 1. The van der Waals surface area contributed by atoms with Crippen LogP contribution in [0.25, 0.3) is 0 Å². The minimum atomic E-state index is 0.438. The fourth-order valence-electron chi connectivity index (χ4n) is 2.79. The quantitative estimate of drug-likeness (QED) is 0.809. The lowest BCUT2D eigenvalue weighted by atomic mass is 10.0. The van der Waals surface area contributed by atoms with Crippen LogP contribution >= 0.6 is 15.9 Å². The molecule has 1 aliphatic heterocycles. The number of ether oxygens (including phenoxy) is 1. The van der Waals surface area contributed by atoms with Crippen molar-refractivity contribution in [1.29, 1.82) is 0 Å². The van der Waals surface area contributed by atoms with E-state index in [0.29, 0.717) is 12.1 Å². The van der Waals surface area contributed by atoms with Crippen LogP contribution in [0.15, 0.2) is 28.7 Å². The Morgan fingerprint density at radius 3 is 2.81 bits per heavy atom. The van der Waals surface area contributed by atoms with Crippen molar-refractivity contribution in [3.05, 3.63) is 34.3 Å². The minimum absolute atomic E-state index is 0.438. The number of nitrogens with zero attached hydrogens (tertiary/aromatic N) is 1. The van der Waals surface area contributed by atoms with Gasteiger partial charge in [-0.1, -0.05) is 35.0 Å². The number of morpholine rings is 1. The van der Waals surface area contributed by atoms with Gasteiger partial charge in [-0.3, -0.25) is 4.90 Å². The highest BCUT2D eigenvalue weighted by Gasteiger charge is 2.20. The molecule has 2 unspecified atom stereocenters. The van der Waals surface area contributed by atoms with Gasteiger partial charge in [0, 0.05) is 29.6 Å². The normalized spacial score (nSPS) is 21.4. The lowest BCUT2D eigenvalue weighted by Crippen LogP contribution is -2.44. The highest BCUT2D eigenvalue weighted by Crippen LogP contribution is 2.21. The van der Waals surface area contributed by atoms with Gasteiger partial charge in [-0.25, -0.2) is 0 Å². The first kappa shape index (κ1) is 16.9. The molecule has 0 aliphatic carbocycles. The molecule has 1 fully saturated rings. The standard InChI is InChI=1S/C17H27BrN2O/c1-3-9-19-17(15-4-6-16(18)7-5-15)8-10-20-11-12-21-13-14(20)2/h4-7,14,17,19H,3,8-13H2,1-2H3. The maximum absolute atomic E-state index is 5.52. The van der Waals surface area contributed by atoms with Crippen molar-refractivity contribution in [1.82, 2.24) is 10.2 Å². The van der Waals surface area contributed by atoms with Gasteiger partial charge < -0.3 is 10.1 Å². The Morgan fingerprint density at radius 2 is 2.14 bits per heavy atom. The van der Waals surface area contributed by atoms with Crippen molar-refractivity contribution >= 4 is 15.9 Å². The predicted molar refractivity (Wildman–Crippen MR) is 91.6 cm³/mol. The van der Waals surface area contributed by atoms with Crippen LogP contribution in [0, 0.1) is 0 Å². The molecule has 1 aromatic carbocycles. The maximum atomic E-state index is 5.52. The van der Waals surface area contributed by atoms with Crippen molar-refractivity contribution in [2.75, 3.05) is 32.8 Å². The number of hydrogen-bond donors (Lipinski definition) is 1. The Labute approximate surface area is 137 Å². The molecule has 0 bridgehead atoms. The molecule has 1 heterocycles. The Balaban J connectivity index is 1.94. The average Bonchev–Trinajstić information content (AvgIpc) is 2.50. The highest BCUT2D eigenvalue weighted by atomic mass is 79.9. The molecular weight excluding hydrogens is 328 g/mol. The first-order valence-corrected chi connectivity index (χ1v) is 8.80. The fraction of sp³-hybridized carbons (Fsp3) is 0.647. The summed E-state index contributed by atoms with van der Waals surface area (Å²) in [6, 6.07) is 9.68. The summed E-state index contributed by atoms with van der Waals surface area (Å²) in [5, 5.41) is 3.69. The highest BCUT2D eigenvalue weighted by molar-refractivity contribution is 9.10. The molecule has 0 saturated carbocycles. The second-order valence-corrected chi connectivity index (χ2v) is 6.72. The van der Waals surface area contributed by atoms with E-state index in [4.69, 9.17) is 4.74 Å². The molecule has 1 N–H and O–H groups in total. The zero-order valence-electron chi connectivity index (χ0n) is 13.1. The molecule has 0 aromatic heterocycles. The van der Waals surface area contributed by atoms with E-state index in [0.717, 1.165) is 43.7 Å². The van der Waals surface area contributed by atoms with Gasteiger partial charge in [0.2, 0.25) is 0 Å². The SMILES string of the molecule is CCCNC(CCN1CCOCC1C)c1ccc(Br)cc1. The molecule has 1 aromatic rings. The first-order chi connectivity index (χ1) is 10.2. The predicted octanol–water partition coefficient (Wildman–Crippen LogP) is 3.60. The first-order valence-electron chi connectivity index (χ1n) is 8.01. The number of nitrogens with one attached hydrogen (secondary N) is 1. The Bertz CT molecular complexity index is 410. The number of rotatable bonds is 7. The molecule has 21 heavy (non-hydrogen) atoms. The molecule has 1 aliphatic rings. The Morgan fingerprint density at radius 1 is 1.38 bits per heavy atom. The van der Waals surface area contributed by atoms with Crippen molar-refractivity contribution < 1.29 is 4.74 Å². The van der Waals surface area contributed by atoms with Gasteiger partial charge in [0.25, 0.3) is 0 Å². The van der Waals surface area contributed by atoms with Crippen LogP contribution in [-0.2, 0) is 4.74 Å². The third-order valence-electron chi connectivity index (χ3n) is 4.12. The van der Waals surface area contributed by atoms with E-state index < -0.39 is 0 Å². The summed E-state index contributed by atoms with van der Waals surface area (Å²) in [5.74, 6) is 0. The molecule has 118 valence electrons. The fourth-order valence-corrected chi connectivity index (χ4v) is 3.05. The van der Waals surface area contributed by atoms with Crippen LogP contribution in [0.5, 0.6) is 0 Å². The van der Waals surface area contributed by atoms with Gasteiger partial charge in [-0.05, 0) is 44.0 Å². The zero-order valence-corrected chi connectivity index (χ0v) is 14.7. The van der Waals surface area contributed by atoms with Crippen molar-refractivity contribution in [2.24, 2.45) is 0 Å². The largest absolute Gasteiger partial charge is 0.379 e. The molecular formula is C17H27BrN2O. The van der Waals surface area contributed by atoms with Gasteiger partial charge in [0.1, 0.15) is 0 Å². The van der Waals surface area contributed by atoms with Gasteiger partial charge >= 0.3 is 0 Å². The van der Waals surface area contributed by atoms with E-state index in [1.807, 2.05) is 0 Å². The van der Waals surface area contributed by atoms with Crippen molar-refractivity contribution in [3.63, 3.8) is 0 Å². The summed E-state index contributed by atoms with van der Waals surface area (Å²) in [4.78, 5) is 2.54. The van der Waals surface area contributed by atoms with Crippen LogP contribution in [0.2, 0.25) is 0 Å². The number of benzene rings is 1. The minimum Gasteiger partial charge on any atom is -0.379 e. The van der Waals surface area contributed by atoms with E-state index >= 15 is 0 Å². The molecule has 0 spiro atoms. The molecule has 2 rings (SSSR count). The molecule has 3 nitrogen and oxygen atoms in total. The summed E-state index contributed by atoms with van der Waals surface area (Å²) in [6.45, 7) is 9.47. The monoisotopic (exact) mass is 354 g/mol. The van der Waals surface area contributed by atoms with Crippen LogP contribution in [0.1, 0.15) is 38.3 Å². The molecule has 2 atom stereocenters. The third kappa shape index (κ3) is 5.37. The van der Waals surface area contributed by atoms with E-state index in [1.54, 1.807) is 0 Å². The number of hydrogen-bond acceptors (Lipinski definition) is 3. The van der Waals surface area contributed by atoms with E-state index in [9.17, 15) is 0 Å². The maximum Gasteiger partial charge on any atom is 0.0619 e.